The molecule has 2 aliphatic heterocycles. The molecule has 7 heteroatoms. The molecule has 2 heterocycles. The van der Waals surface area contributed by atoms with Gasteiger partial charge in [0.15, 0.2) is 0 Å². The van der Waals surface area contributed by atoms with E-state index in [1.165, 1.54) is 0 Å². The van der Waals surface area contributed by atoms with Crippen molar-refractivity contribution < 1.29 is 19.1 Å². The van der Waals surface area contributed by atoms with Gasteiger partial charge in [-0.2, -0.15) is 0 Å². The van der Waals surface area contributed by atoms with Crippen LogP contribution in [0.1, 0.15) is 52.0 Å². The second kappa shape index (κ2) is 11.7. The molecule has 7 nitrogen and oxygen atoms in total. The molecule has 0 saturated carbocycles. The average Bonchev–Trinajstić information content (AvgIpc) is 2.77. The van der Waals surface area contributed by atoms with Crippen LogP contribution in [0.2, 0.25) is 0 Å². The predicted octanol–water partition coefficient (Wildman–Crippen LogP) is 3.23. The number of nitrogens with zero attached hydrogens (tertiary/aromatic N) is 2. The first kappa shape index (κ1) is 24.5. The largest absolute Gasteiger partial charge is 0.444 e. The van der Waals surface area contributed by atoms with Crippen LogP contribution < -0.4 is 5.32 Å². The Labute approximate surface area is 192 Å². The summed E-state index contributed by atoms with van der Waals surface area (Å²) in [6.45, 7) is 10.7. The highest BCUT2D eigenvalue weighted by Gasteiger charge is 2.28. The van der Waals surface area contributed by atoms with Crippen LogP contribution in [0.25, 0.3) is 0 Å². The molecule has 178 valence electrons. The molecule has 0 aromatic heterocycles. The van der Waals surface area contributed by atoms with Crippen LogP contribution in [0.4, 0.5) is 4.79 Å². The van der Waals surface area contributed by atoms with E-state index in [0.717, 1.165) is 57.8 Å². The summed E-state index contributed by atoms with van der Waals surface area (Å²) in [5.74, 6) is 0.167. The van der Waals surface area contributed by atoms with Gasteiger partial charge in [-0.15, -0.1) is 0 Å². The lowest BCUT2D eigenvalue weighted by molar-refractivity contribution is -0.133. The molecular formula is C25H39N3O4. The number of rotatable bonds is 7. The maximum absolute atomic E-state index is 12.9. The maximum atomic E-state index is 12.9. The van der Waals surface area contributed by atoms with Gasteiger partial charge in [-0.25, -0.2) is 4.79 Å². The molecule has 1 aromatic rings. The Morgan fingerprint density at radius 2 is 1.75 bits per heavy atom. The number of ether oxygens (including phenoxy) is 2. The Bertz CT molecular complexity index is 720. The van der Waals surface area contributed by atoms with E-state index in [9.17, 15) is 9.59 Å². The highest BCUT2D eigenvalue weighted by Crippen LogP contribution is 2.18. The highest BCUT2D eigenvalue weighted by atomic mass is 16.6. The van der Waals surface area contributed by atoms with Crippen molar-refractivity contribution in [1.29, 1.82) is 0 Å². The standard InChI is InChI=1S/C25H39N3O4/c1-25(2,3)32-24(30)26-21(19-20-7-5-4-6-8-20)9-10-23(29)28-15-13-27(14-16-28)22-11-17-31-18-12-22/h4-8,21-22H,9-19H2,1-3H3,(H,26,30)/t21-/m0/s1. The lowest BCUT2D eigenvalue weighted by Crippen LogP contribution is -2.53. The molecule has 32 heavy (non-hydrogen) atoms. The van der Waals surface area contributed by atoms with E-state index in [1.807, 2.05) is 56.0 Å². The fourth-order valence-electron chi connectivity index (χ4n) is 4.44. The SMILES string of the molecule is CC(C)(C)OC(=O)N[C@@H](CCC(=O)N1CCN(C2CCOCC2)CC1)Cc1ccccc1. The van der Waals surface area contributed by atoms with Crippen LogP contribution in [-0.2, 0) is 20.7 Å². The van der Waals surface area contributed by atoms with Crippen molar-refractivity contribution in [2.75, 3.05) is 39.4 Å². The number of alkyl carbamates (subject to hydrolysis) is 1. The first-order valence-electron chi connectivity index (χ1n) is 11.9. The molecule has 0 radical (unpaired) electrons. The molecule has 2 amide bonds. The zero-order chi connectivity index (χ0) is 23.0. The first-order chi connectivity index (χ1) is 15.3. The molecule has 0 unspecified atom stereocenters. The van der Waals surface area contributed by atoms with Crippen molar-refractivity contribution in [3.63, 3.8) is 0 Å². The van der Waals surface area contributed by atoms with Crippen molar-refractivity contribution in [1.82, 2.24) is 15.1 Å². The molecule has 0 spiro atoms. The second-order valence-corrected chi connectivity index (χ2v) is 9.83. The van der Waals surface area contributed by atoms with E-state index < -0.39 is 11.7 Å². The Hall–Kier alpha value is -2.12. The summed E-state index contributed by atoms with van der Waals surface area (Å²) in [5.41, 5.74) is 0.576. The topological polar surface area (TPSA) is 71.1 Å². The molecule has 1 atom stereocenters. The number of amides is 2. The summed E-state index contributed by atoms with van der Waals surface area (Å²) in [6, 6.07) is 10.5. The lowest BCUT2D eigenvalue weighted by atomic mass is 10.0. The number of carbonyl (C=O) groups is 2. The zero-order valence-corrected chi connectivity index (χ0v) is 19.8. The summed E-state index contributed by atoms with van der Waals surface area (Å²) in [5, 5.41) is 2.98. The smallest absolute Gasteiger partial charge is 0.407 e. The molecule has 0 aliphatic carbocycles. The Morgan fingerprint density at radius 3 is 2.38 bits per heavy atom. The van der Waals surface area contributed by atoms with E-state index in [4.69, 9.17) is 9.47 Å². The van der Waals surface area contributed by atoms with Crippen molar-refractivity contribution in [2.24, 2.45) is 0 Å². The molecule has 1 aromatic carbocycles. The van der Waals surface area contributed by atoms with Crippen LogP contribution in [0.3, 0.4) is 0 Å². The number of carbonyl (C=O) groups excluding carboxylic acids is 2. The highest BCUT2D eigenvalue weighted by molar-refractivity contribution is 5.76. The van der Waals surface area contributed by atoms with E-state index >= 15 is 0 Å². The fraction of sp³-hybridized carbons (Fsp3) is 0.680. The van der Waals surface area contributed by atoms with E-state index in [2.05, 4.69) is 10.2 Å². The van der Waals surface area contributed by atoms with Crippen LogP contribution in [0.15, 0.2) is 30.3 Å². The molecule has 0 bridgehead atoms. The quantitative estimate of drug-likeness (QED) is 0.698. The van der Waals surface area contributed by atoms with Gasteiger partial charge in [0.1, 0.15) is 5.60 Å². The van der Waals surface area contributed by atoms with Crippen LogP contribution >= 0.6 is 0 Å². The molecule has 3 rings (SSSR count). The van der Waals surface area contributed by atoms with Gasteiger partial charge in [0, 0.05) is 57.9 Å². The summed E-state index contributed by atoms with van der Waals surface area (Å²) in [6.07, 6.45) is 3.43. The van der Waals surface area contributed by atoms with Crippen LogP contribution in [0.5, 0.6) is 0 Å². The molecule has 2 aliphatic rings. The van der Waals surface area contributed by atoms with E-state index in [0.29, 0.717) is 25.3 Å². The van der Waals surface area contributed by atoms with Gasteiger partial charge in [0.05, 0.1) is 0 Å². The Kier molecular flexibility index (Phi) is 8.93. The summed E-state index contributed by atoms with van der Waals surface area (Å²) >= 11 is 0. The van der Waals surface area contributed by atoms with Crippen molar-refractivity contribution in [2.45, 2.75) is 70.6 Å². The minimum absolute atomic E-state index is 0.153. The third-order valence-corrected chi connectivity index (χ3v) is 6.13. The van der Waals surface area contributed by atoms with Crippen LogP contribution in [0, 0.1) is 0 Å². The van der Waals surface area contributed by atoms with Gasteiger partial charge in [-0.3, -0.25) is 9.69 Å². The van der Waals surface area contributed by atoms with Gasteiger partial charge >= 0.3 is 6.09 Å². The summed E-state index contributed by atoms with van der Waals surface area (Å²) in [4.78, 5) is 29.7. The molecule has 1 N–H and O–H groups in total. The van der Waals surface area contributed by atoms with Crippen molar-refractivity contribution in [3.05, 3.63) is 35.9 Å². The Morgan fingerprint density at radius 1 is 1.09 bits per heavy atom. The second-order valence-electron chi connectivity index (χ2n) is 9.83. The Balaban J connectivity index is 1.49. The van der Waals surface area contributed by atoms with Gasteiger partial charge in [-0.05, 0) is 52.0 Å². The van der Waals surface area contributed by atoms with Gasteiger partial charge in [0.25, 0.3) is 0 Å². The molecular weight excluding hydrogens is 406 g/mol. The number of piperazine rings is 1. The minimum atomic E-state index is -0.554. The lowest BCUT2D eigenvalue weighted by Gasteiger charge is -2.40. The van der Waals surface area contributed by atoms with Crippen LogP contribution in [-0.4, -0.2) is 78.9 Å². The number of benzene rings is 1. The monoisotopic (exact) mass is 445 g/mol. The molecule has 2 saturated heterocycles. The van der Waals surface area contributed by atoms with E-state index in [-0.39, 0.29) is 11.9 Å². The normalized spacial score (nSPS) is 19.4. The maximum Gasteiger partial charge on any atom is 0.407 e. The van der Waals surface area contributed by atoms with Crippen molar-refractivity contribution >= 4 is 12.0 Å². The number of hydrogen-bond donors (Lipinski definition) is 1. The fourth-order valence-corrected chi connectivity index (χ4v) is 4.44. The third-order valence-electron chi connectivity index (χ3n) is 6.13. The third kappa shape index (κ3) is 8.10. The molecule has 2 fully saturated rings. The first-order valence-corrected chi connectivity index (χ1v) is 11.9. The number of nitrogens with one attached hydrogen (secondary N) is 1. The summed E-state index contributed by atoms with van der Waals surface area (Å²) < 4.78 is 10.9. The van der Waals surface area contributed by atoms with Gasteiger partial charge in [0.2, 0.25) is 5.91 Å². The van der Waals surface area contributed by atoms with Gasteiger partial charge < -0.3 is 19.7 Å². The van der Waals surface area contributed by atoms with Gasteiger partial charge in [-0.1, -0.05) is 30.3 Å². The van der Waals surface area contributed by atoms with Crippen molar-refractivity contribution in [3.8, 4) is 0 Å². The van der Waals surface area contributed by atoms with E-state index in [1.54, 1.807) is 0 Å². The summed E-state index contributed by atoms with van der Waals surface area (Å²) in [7, 11) is 0. The minimum Gasteiger partial charge on any atom is -0.444 e. The average molecular weight is 446 g/mol. The zero-order valence-electron chi connectivity index (χ0n) is 19.8. The number of hydrogen-bond acceptors (Lipinski definition) is 5. The predicted molar refractivity (Wildman–Crippen MR) is 125 cm³/mol.